The highest BCUT2D eigenvalue weighted by Crippen LogP contribution is 2.25. The first-order valence-electron chi connectivity index (χ1n) is 5.28. The van der Waals surface area contributed by atoms with Crippen LogP contribution in [0.15, 0.2) is 27.6 Å². The van der Waals surface area contributed by atoms with Crippen LogP contribution < -0.4 is 5.73 Å². The molecule has 0 unspecified atom stereocenters. The minimum absolute atomic E-state index is 0.153. The molecule has 6 heteroatoms. The molecule has 0 aromatic heterocycles. The summed E-state index contributed by atoms with van der Waals surface area (Å²) in [5, 5.41) is 0. The predicted molar refractivity (Wildman–Crippen MR) is 74.4 cm³/mol. The lowest BCUT2D eigenvalue weighted by Gasteiger charge is -2.10. The molecule has 0 aliphatic heterocycles. The first kappa shape index (κ1) is 15.0. The molecule has 0 spiro atoms. The van der Waals surface area contributed by atoms with Crippen LogP contribution in [0.1, 0.15) is 12.5 Å². The Hall–Kier alpha value is -1.01. The van der Waals surface area contributed by atoms with Gasteiger partial charge in [0.2, 0.25) is 0 Å². The van der Waals surface area contributed by atoms with E-state index in [4.69, 9.17) is 10.5 Å². The molecule has 0 fully saturated rings. The molecule has 1 amide bonds. The second kappa shape index (κ2) is 6.80. The number of thioether (sulfide) groups is 1. The van der Waals surface area contributed by atoms with Gasteiger partial charge in [0.15, 0.2) is 6.10 Å². The first-order valence-corrected chi connectivity index (χ1v) is 7.05. The van der Waals surface area contributed by atoms with E-state index < -0.39 is 18.0 Å². The van der Waals surface area contributed by atoms with Crippen molar-refractivity contribution in [3.8, 4) is 0 Å². The van der Waals surface area contributed by atoms with Crippen LogP contribution in [-0.4, -0.2) is 23.7 Å². The smallest absolute Gasteiger partial charge is 0.317 e. The summed E-state index contributed by atoms with van der Waals surface area (Å²) >= 11 is 4.74. The SMILES string of the molecule is Cc1cc(Br)ccc1SCC(=O)O[C@H](C)C(N)=O. The summed E-state index contributed by atoms with van der Waals surface area (Å²) in [7, 11) is 0. The van der Waals surface area contributed by atoms with Gasteiger partial charge >= 0.3 is 5.97 Å². The number of primary amides is 1. The van der Waals surface area contributed by atoms with Gasteiger partial charge < -0.3 is 10.5 Å². The van der Waals surface area contributed by atoms with E-state index in [1.165, 1.54) is 18.7 Å². The van der Waals surface area contributed by atoms with E-state index in [1.54, 1.807) is 0 Å². The van der Waals surface area contributed by atoms with E-state index in [0.717, 1.165) is 14.9 Å². The molecule has 0 aliphatic rings. The number of nitrogens with two attached hydrogens (primary N) is 1. The summed E-state index contributed by atoms with van der Waals surface area (Å²) < 4.78 is 5.85. The Morgan fingerprint density at radius 3 is 2.72 bits per heavy atom. The molecule has 2 N–H and O–H groups in total. The number of hydrogen-bond donors (Lipinski definition) is 1. The maximum atomic E-state index is 11.4. The van der Waals surface area contributed by atoms with Crippen molar-refractivity contribution >= 4 is 39.6 Å². The van der Waals surface area contributed by atoms with Crippen LogP contribution in [0.25, 0.3) is 0 Å². The van der Waals surface area contributed by atoms with Gasteiger partial charge in [0, 0.05) is 9.37 Å². The van der Waals surface area contributed by atoms with Gasteiger partial charge in [-0.05, 0) is 37.6 Å². The zero-order chi connectivity index (χ0) is 13.7. The van der Waals surface area contributed by atoms with Crippen molar-refractivity contribution in [2.75, 3.05) is 5.75 Å². The van der Waals surface area contributed by atoms with Crippen LogP contribution in [0.3, 0.4) is 0 Å². The molecule has 0 saturated carbocycles. The molecular weight excluding hydrogens is 318 g/mol. The Labute approximate surface area is 118 Å². The van der Waals surface area contributed by atoms with Crippen molar-refractivity contribution in [3.63, 3.8) is 0 Å². The molecule has 98 valence electrons. The zero-order valence-corrected chi connectivity index (χ0v) is 12.5. The highest BCUT2D eigenvalue weighted by atomic mass is 79.9. The molecule has 0 bridgehead atoms. The lowest BCUT2D eigenvalue weighted by Crippen LogP contribution is -2.31. The molecule has 1 atom stereocenters. The van der Waals surface area contributed by atoms with E-state index in [9.17, 15) is 9.59 Å². The van der Waals surface area contributed by atoms with Crippen molar-refractivity contribution in [2.24, 2.45) is 5.73 Å². The summed E-state index contributed by atoms with van der Waals surface area (Å²) in [4.78, 5) is 23.2. The second-order valence-corrected chi connectivity index (χ2v) is 5.67. The van der Waals surface area contributed by atoms with Gasteiger partial charge in [-0.15, -0.1) is 11.8 Å². The van der Waals surface area contributed by atoms with E-state index in [1.807, 2.05) is 25.1 Å². The summed E-state index contributed by atoms with van der Waals surface area (Å²) in [5.41, 5.74) is 6.08. The molecule has 0 radical (unpaired) electrons. The van der Waals surface area contributed by atoms with E-state index >= 15 is 0 Å². The number of aryl methyl sites for hydroxylation is 1. The lowest BCUT2D eigenvalue weighted by molar-refractivity contribution is -0.151. The molecule has 4 nitrogen and oxygen atoms in total. The van der Waals surface area contributed by atoms with Crippen LogP contribution in [0.4, 0.5) is 0 Å². The van der Waals surface area contributed by atoms with Crippen molar-refractivity contribution in [2.45, 2.75) is 24.8 Å². The maximum absolute atomic E-state index is 11.4. The van der Waals surface area contributed by atoms with Crippen molar-refractivity contribution in [3.05, 3.63) is 28.2 Å². The molecule has 1 aromatic rings. The van der Waals surface area contributed by atoms with Crippen molar-refractivity contribution in [1.29, 1.82) is 0 Å². The number of hydrogen-bond acceptors (Lipinski definition) is 4. The Kier molecular flexibility index (Phi) is 5.68. The summed E-state index contributed by atoms with van der Waals surface area (Å²) in [5.74, 6) is -0.943. The Morgan fingerprint density at radius 1 is 1.50 bits per heavy atom. The summed E-state index contributed by atoms with van der Waals surface area (Å²) in [6.07, 6.45) is -0.885. The second-order valence-electron chi connectivity index (χ2n) is 3.73. The van der Waals surface area contributed by atoms with E-state index in [2.05, 4.69) is 15.9 Å². The largest absolute Gasteiger partial charge is 0.452 e. The quantitative estimate of drug-likeness (QED) is 0.663. The van der Waals surface area contributed by atoms with Crippen LogP contribution in [0, 0.1) is 6.92 Å². The lowest BCUT2D eigenvalue weighted by atomic mass is 10.2. The molecule has 0 heterocycles. The summed E-state index contributed by atoms with van der Waals surface area (Å²) in [6, 6.07) is 5.81. The molecule has 0 aliphatic carbocycles. The number of carbonyl (C=O) groups is 2. The van der Waals surface area contributed by atoms with Crippen molar-refractivity contribution < 1.29 is 14.3 Å². The first-order chi connectivity index (χ1) is 8.40. The Morgan fingerprint density at radius 2 is 2.17 bits per heavy atom. The van der Waals surface area contributed by atoms with E-state index in [0.29, 0.717) is 0 Å². The van der Waals surface area contributed by atoms with E-state index in [-0.39, 0.29) is 5.75 Å². The number of halogens is 1. The third-order valence-corrected chi connectivity index (χ3v) is 3.83. The number of amides is 1. The van der Waals surface area contributed by atoms with Gasteiger partial charge in [-0.3, -0.25) is 9.59 Å². The molecular formula is C12H14BrNO3S. The highest BCUT2D eigenvalue weighted by Gasteiger charge is 2.14. The number of ether oxygens (including phenoxy) is 1. The third kappa shape index (κ3) is 4.70. The normalized spacial score (nSPS) is 11.9. The van der Waals surface area contributed by atoms with Crippen LogP contribution in [0.2, 0.25) is 0 Å². The highest BCUT2D eigenvalue weighted by molar-refractivity contribution is 9.10. The minimum atomic E-state index is -0.885. The third-order valence-electron chi connectivity index (χ3n) is 2.19. The summed E-state index contributed by atoms with van der Waals surface area (Å²) in [6.45, 7) is 3.42. The van der Waals surface area contributed by atoms with Crippen molar-refractivity contribution in [1.82, 2.24) is 0 Å². The number of esters is 1. The van der Waals surface area contributed by atoms with Gasteiger partial charge in [-0.2, -0.15) is 0 Å². The fraction of sp³-hybridized carbons (Fsp3) is 0.333. The fourth-order valence-corrected chi connectivity index (χ4v) is 2.47. The minimum Gasteiger partial charge on any atom is -0.452 e. The average Bonchev–Trinajstić information content (AvgIpc) is 2.27. The topological polar surface area (TPSA) is 69.4 Å². The van der Waals surface area contributed by atoms with Gasteiger partial charge in [-0.1, -0.05) is 15.9 Å². The average molecular weight is 332 g/mol. The van der Waals surface area contributed by atoms with Crippen LogP contribution in [0.5, 0.6) is 0 Å². The molecule has 1 rings (SSSR count). The predicted octanol–water partition coefficient (Wildman–Crippen LogP) is 2.27. The number of benzene rings is 1. The molecule has 1 aromatic carbocycles. The number of carbonyl (C=O) groups excluding carboxylic acids is 2. The standard InChI is InChI=1S/C12H14BrNO3S/c1-7-5-9(13)3-4-10(7)18-6-11(15)17-8(2)12(14)16/h3-5,8H,6H2,1-2H3,(H2,14,16)/t8-/m1/s1. The van der Waals surface area contributed by atoms with Gasteiger partial charge in [-0.25, -0.2) is 0 Å². The number of rotatable bonds is 5. The van der Waals surface area contributed by atoms with Gasteiger partial charge in [0.1, 0.15) is 0 Å². The maximum Gasteiger partial charge on any atom is 0.317 e. The Bertz CT molecular complexity index is 465. The van der Waals surface area contributed by atoms with Gasteiger partial charge in [0.25, 0.3) is 5.91 Å². The van der Waals surface area contributed by atoms with Crippen LogP contribution in [-0.2, 0) is 14.3 Å². The molecule has 0 saturated heterocycles. The fourth-order valence-electron chi connectivity index (χ4n) is 1.20. The van der Waals surface area contributed by atoms with Crippen LogP contribution >= 0.6 is 27.7 Å². The monoisotopic (exact) mass is 331 g/mol. The van der Waals surface area contributed by atoms with Gasteiger partial charge in [0.05, 0.1) is 5.75 Å². The zero-order valence-electron chi connectivity index (χ0n) is 10.1. The Balaban J connectivity index is 2.50. The molecule has 18 heavy (non-hydrogen) atoms.